The van der Waals surface area contributed by atoms with Crippen LogP contribution >= 0.6 is 0 Å². The van der Waals surface area contributed by atoms with E-state index in [0.29, 0.717) is 24.4 Å². The summed E-state index contributed by atoms with van der Waals surface area (Å²) >= 11 is 0. The minimum absolute atomic E-state index is 0.0695. The molecule has 1 amide bonds. The molecule has 0 radical (unpaired) electrons. The van der Waals surface area contributed by atoms with Crippen LogP contribution in [0.15, 0.2) is 52.9 Å². The Kier molecular flexibility index (Phi) is 4.67. The zero-order valence-corrected chi connectivity index (χ0v) is 14.1. The second-order valence-electron chi connectivity index (χ2n) is 6.18. The molecule has 0 bridgehead atoms. The molecule has 3 heterocycles. The van der Waals surface area contributed by atoms with Crippen molar-refractivity contribution in [1.29, 1.82) is 0 Å². The van der Waals surface area contributed by atoms with E-state index in [1.165, 1.54) is 35.7 Å². The average Bonchev–Trinajstić information content (AvgIpc) is 3.21. The monoisotopic (exact) mass is 341 g/mol. The molecule has 130 valence electrons. The molecule has 0 saturated carbocycles. The topological polar surface area (TPSA) is 90.9 Å². The van der Waals surface area contributed by atoms with E-state index in [2.05, 4.69) is 4.98 Å². The number of aromatic nitrogens is 1. The summed E-state index contributed by atoms with van der Waals surface area (Å²) in [6.07, 6.45) is 4.42. The lowest BCUT2D eigenvalue weighted by molar-refractivity contribution is -0.857. The van der Waals surface area contributed by atoms with Crippen molar-refractivity contribution in [1.82, 2.24) is 9.88 Å². The third-order valence-corrected chi connectivity index (χ3v) is 4.14. The van der Waals surface area contributed by atoms with Gasteiger partial charge in [0.1, 0.15) is 11.8 Å². The fraction of sp³-hybridized carbons (Fsp3) is 0.278. The zero-order chi connectivity index (χ0) is 18.0. The van der Waals surface area contributed by atoms with E-state index in [1.54, 1.807) is 12.1 Å². The third kappa shape index (κ3) is 3.18. The lowest BCUT2D eigenvalue weighted by Gasteiger charge is -2.25. The Morgan fingerprint density at radius 2 is 2.00 bits per heavy atom. The Morgan fingerprint density at radius 3 is 2.60 bits per heavy atom. The van der Waals surface area contributed by atoms with Crippen molar-refractivity contribution in [2.45, 2.75) is 6.04 Å². The number of furan rings is 1. The maximum absolute atomic E-state index is 12.9. The van der Waals surface area contributed by atoms with Gasteiger partial charge in [-0.2, -0.15) is 0 Å². The van der Waals surface area contributed by atoms with Gasteiger partial charge < -0.3 is 19.3 Å². The van der Waals surface area contributed by atoms with Crippen LogP contribution in [-0.4, -0.2) is 48.8 Å². The lowest BCUT2D eigenvalue weighted by atomic mass is 10.00. The number of ketones is 1. The third-order valence-electron chi connectivity index (χ3n) is 4.14. The molecule has 1 N–H and O–H groups in total. The molecule has 1 fully saturated rings. The summed E-state index contributed by atoms with van der Waals surface area (Å²) in [6.45, 7) is 0.998. The molecule has 0 aliphatic carbocycles. The number of nitrogens with one attached hydrogen (secondary N) is 1. The van der Waals surface area contributed by atoms with Gasteiger partial charge in [0.05, 0.1) is 33.4 Å². The molecule has 2 aromatic heterocycles. The van der Waals surface area contributed by atoms with E-state index in [4.69, 9.17) is 4.42 Å². The Hall–Kier alpha value is -2.93. The highest BCUT2D eigenvalue weighted by atomic mass is 16.3. The van der Waals surface area contributed by atoms with Crippen LogP contribution in [0.3, 0.4) is 0 Å². The van der Waals surface area contributed by atoms with Crippen molar-refractivity contribution in [2.75, 3.05) is 27.2 Å². The summed E-state index contributed by atoms with van der Waals surface area (Å²) in [4.78, 5) is 31.5. The lowest BCUT2D eigenvalue weighted by Crippen LogP contribution is -3.06. The van der Waals surface area contributed by atoms with Crippen LogP contribution < -0.4 is 10.0 Å². The highest BCUT2D eigenvalue weighted by molar-refractivity contribution is 6.46. The molecule has 2 aromatic rings. The number of likely N-dealkylation sites (N-methyl/N-ethyl adjacent to an activating group) is 1. The number of carbonyl (C=O) groups excluding carboxylic acids is 2. The first-order chi connectivity index (χ1) is 12.0. The van der Waals surface area contributed by atoms with E-state index in [1.807, 2.05) is 14.1 Å². The predicted octanol–water partition coefficient (Wildman–Crippen LogP) is -0.957. The van der Waals surface area contributed by atoms with Crippen LogP contribution in [0.4, 0.5) is 0 Å². The number of likely N-dealkylation sites (tertiary alicyclic amines) is 1. The first kappa shape index (κ1) is 16.9. The average molecular weight is 341 g/mol. The van der Waals surface area contributed by atoms with Crippen LogP contribution in [0, 0.1) is 0 Å². The number of hydrogen-bond acceptors (Lipinski definition) is 5. The van der Waals surface area contributed by atoms with Crippen molar-refractivity contribution in [3.8, 4) is 0 Å². The van der Waals surface area contributed by atoms with Gasteiger partial charge in [0.25, 0.3) is 5.91 Å². The van der Waals surface area contributed by atoms with Crippen LogP contribution in [0.25, 0.3) is 5.76 Å². The molecule has 7 heteroatoms. The van der Waals surface area contributed by atoms with E-state index >= 15 is 0 Å². The molecule has 1 aliphatic rings. The Morgan fingerprint density at radius 1 is 1.28 bits per heavy atom. The summed E-state index contributed by atoms with van der Waals surface area (Å²) in [5.41, 5.74) is 0.252. The second kappa shape index (κ2) is 6.90. The van der Waals surface area contributed by atoms with Crippen LogP contribution in [0.2, 0.25) is 0 Å². The normalized spacial score (nSPS) is 19.8. The van der Waals surface area contributed by atoms with E-state index < -0.39 is 23.5 Å². The molecule has 0 spiro atoms. The number of carbonyl (C=O) groups is 2. The number of quaternary nitrogens is 1. The Labute approximate surface area is 145 Å². The van der Waals surface area contributed by atoms with Crippen LogP contribution in [0.1, 0.15) is 17.4 Å². The predicted molar refractivity (Wildman–Crippen MR) is 87.0 cm³/mol. The zero-order valence-electron chi connectivity index (χ0n) is 14.1. The van der Waals surface area contributed by atoms with Crippen molar-refractivity contribution >= 4 is 17.4 Å². The summed E-state index contributed by atoms with van der Waals surface area (Å²) in [5.74, 6) is -1.50. The highest BCUT2D eigenvalue weighted by Gasteiger charge is 2.45. The fourth-order valence-corrected chi connectivity index (χ4v) is 2.85. The molecule has 25 heavy (non-hydrogen) atoms. The van der Waals surface area contributed by atoms with Crippen molar-refractivity contribution in [3.05, 3.63) is 59.8 Å². The van der Waals surface area contributed by atoms with Crippen LogP contribution in [-0.2, 0) is 9.59 Å². The molecule has 1 unspecified atom stereocenters. The standard InChI is InChI=1S/C18H19N3O4/c1-20(2)9-10-21-15(13-4-3-11-25-13)14(17(23)18(21)24)16(22)12-5-7-19-8-6-12/h3-8,11,15,22H,9-10H2,1-2H3. The molecule has 1 atom stereocenters. The number of hydrogen-bond donors (Lipinski definition) is 1. The van der Waals surface area contributed by atoms with Gasteiger partial charge in [0.15, 0.2) is 0 Å². The van der Waals surface area contributed by atoms with Gasteiger partial charge in [-0.15, -0.1) is 0 Å². The maximum Gasteiger partial charge on any atom is 0.295 e. The number of rotatable bonds is 5. The summed E-state index contributed by atoms with van der Waals surface area (Å²) in [5, 5.41) is 12.9. The van der Waals surface area contributed by atoms with Gasteiger partial charge in [-0.1, -0.05) is 5.76 Å². The highest BCUT2D eigenvalue weighted by Crippen LogP contribution is 2.38. The van der Waals surface area contributed by atoms with Crippen molar-refractivity contribution < 1.29 is 24.0 Å². The van der Waals surface area contributed by atoms with E-state index in [0.717, 1.165) is 4.90 Å². The summed E-state index contributed by atoms with van der Waals surface area (Å²) in [7, 11) is 3.91. The van der Waals surface area contributed by atoms with Gasteiger partial charge in [-0.3, -0.25) is 14.6 Å². The van der Waals surface area contributed by atoms with E-state index in [9.17, 15) is 14.7 Å². The molecule has 0 aromatic carbocycles. The molecular weight excluding hydrogens is 322 g/mol. The SMILES string of the molecule is C[NH+](C)CCN1C(=O)C(=O)C(=C([O-])c2ccncc2)C1c1ccco1. The van der Waals surface area contributed by atoms with Gasteiger partial charge in [0, 0.05) is 18.0 Å². The minimum Gasteiger partial charge on any atom is -0.872 e. The molecule has 1 aliphatic heterocycles. The molecule has 3 rings (SSSR count). The Balaban J connectivity index is 2.09. The minimum atomic E-state index is -0.796. The quantitative estimate of drug-likeness (QED) is 0.430. The van der Waals surface area contributed by atoms with Gasteiger partial charge in [-0.05, 0) is 29.8 Å². The van der Waals surface area contributed by atoms with Crippen molar-refractivity contribution in [3.63, 3.8) is 0 Å². The fourth-order valence-electron chi connectivity index (χ4n) is 2.85. The number of pyridine rings is 1. The number of Topliss-reactive ketones (excluding diaryl/α,β-unsaturated/α-hetero) is 1. The number of amides is 1. The van der Waals surface area contributed by atoms with Gasteiger partial charge in [0.2, 0.25) is 5.78 Å². The second-order valence-corrected chi connectivity index (χ2v) is 6.18. The van der Waals surface area contributed by atoms with E-state index in [-0.39, 0.29) is 5.57 Å². The Bertz CT molecular complexity index is 797. The summed E-state index contributed by atoms with van der Waals surface area (Å²) in [6, 6.07) is 5.60. The first-order valence-electron chi connectivity index (χ1n) is 8.00. The number of nitrogens with zero attached hydrogens (tertiary/aromatic N) is 2. The molecule has 7 nitrogen and oxygen atoms in total. The molecular formula is C18H19N3O4. The largest absolute Gasteiger partial charge is 0.872 e. The van der Waals surface area contributed by atoms with Crippen molar-refractivity contribution in [2.24, 2.45) is 0 Å². The maximum atomic E-state index is 12.9. The van der Waals surface area contributed by atoms with Gasteiger partial charge in [-0.25, -0.2) is 0 Å². The smallest absolute Gasteiger partial charge is 0.295 e. The van der Waals surface area contributed by atoms with Gasteiger partial charge >= 0.3 is 0 Å². The summed E-state index contributed by atoms with van der Waals surface area (Å²) < 4.78 is 5.43. The van der Waals surface area contributed by atoms with Crippen LogP contribution in [0.5, 0.6) is 0 Å². The first-order valence-corrected chi connectivity index (χ1v) is 8.00. The molecule has 1 saturated heterocycles.